The van der Waals surface area contributed by atoms with Crippen LogP contribution in [0.15, 0.2) is 59.8 Å². The molecule has 9 nitrogen and oxygen atoms in total. The van der Waals surface area contributed by atoms with Crippen LogP contribution in [0.1, 0.15) is 82.6 Å². The van der Waals surface area contributed by atoms with E-state index in [1.165, 1.54) is 6.07 Å². The van der Waals surface area contributed by atoms with Gasteiger partial charge < -0.3 is 10.2 Å². The molecule has 2 aliphatic rings. The number of nitrogens with zero attached hydrogens (tertiary/aromatic N) is 4. The first-order chi connectivity index (χ1) is 18.7. The molecular formula is C30H39ClN6O3S. The molecule has 5 heterocycles. The lowest BCUT2D eigenvalue weighted by Gasteiger charge is -2.34. The van der Waals surface area contributed by atoms with Crippen LogP contribution in [-0.4, -0.2) is 41.4 Å². The number of amides is 1. The molecule has 0 spiro atoms. The molecule has 3 aromatic heterocycles. The van der Waals surface area contributed by atoms with Gasteiger partial charge in [0.15, 0.2) is 5.03 Å². The van der Waals surface area contributed by atoms with Crippen molar-refractivity contribution in [3.63, 3.8) is 0 Å². The van der Waals surface area contributed by atoms with Crippen molar-refractivity contribution in [1.29, 1.82) is 0 Å². The number of sulfonamides is 1. The molecule has 2 aliphatic heterocycles. The molecule has 1 fully saturated rings. The number of hydrogen-bond acceptors (Lipinski definition) is 8. The number of nitrogens with one attached hydrogen (secondary N) is 2. The van der Waals surface area contributed by atoms with Gasteiger partial charge in [0, 0.05) is 29.4 Å². The third-order valence-electron chi connectivity index (χ3n) is 8.02. The van der Waals surface area contributed by atoms with Gasteiger partial charge in [0.25, 0.3) is 15.9 Å². The number of rotatable bonds is 1. The highest BCUT2D eigenvalue weighted by atomic mass is 35.5. The van der Waals surface area contributed by atoms with Crippen molar-refractivity contribution in [3.8, 4) is 0 Å². The number of carbonyl (C=O) groups excluding carboxylic acids is 1. The highest BCUT2D eigenvalue weighted by molar-refractivity contribution is 7.90. The Morgan fingerprint density at radius 1 is 1.00 bits per heavy atom. The summed E-state index contributed by atoms with van der Waals surface area (Å²) < 4.78 is 29.0. The molecule has 1 amide bonds. The van der Waals surface area contributed by atoms with Gasteiger partial charge >= 0.3 is 0 Å². The fraction of sp³-hybridized carbons (Fsp3) is 0.467. The van der Waals surface area contributed by atoms with Crippen LogP contribution in [0, 0.1) is 5.92 Å². The molecule has 5 rings (SSSR count). The Kier molecular flexibility index (Phi) is 8.14. The fourth-order valence-corrected chi connectivity index (χ4v) is 6.72. The van der Waals surface area contributed by atoms with Crippen LogP contribution >= 0.6 is 12.4 Å². The minimum Gasteiger partial charge on any atom is -0.359 e. The van der Waals surface area contributed by atoms with Crippen molar-refractivity contribution < 1.29 is 13.2 Å². The number of fused-ring (bicyclic) bond motifs is 6. The Morgan fingerprint density at radius 3 is 2.44 bits per heavy atom. The van der Waals surface area contributed by atoms with Gasteiger partial charge in [-0.3, -0.25) is 9.78 Å². The smallest absolute Gasteiger partial charge is 0.281 e. The van der Waals surface area contributed by atoms with E-state index in [1.54, 1.807) is 30.5 Å². The van der Waals surface area contributed by atoms with E-state index in [2.05, 4.69) is 66.4 Å². The minimum absolute atomic E-state index is 0. The Labute approximate surface area is 249 Å². The van der Waals surface area contributed by atoms with Crippen LogP contribution in [0.5, 0.6) is 0 Å². The summed E-state index contributed by atoms with van der Waals surface area (Å²) >= 11 is 0. The van der Waals surface area contributed by atoms with Gasteiger partial charge in [0.2, 0.25) is 0 Å². The van der Waals surface area contributed by atoms with Crippen molar-refractivity contribution in [3.05, 3.63) is 71.7 Å². The molecule has 0 saturated carbocycles. The monoisotopic (exact) mass is 598 g/mol. The van der Waals surface area contributed by atoms with Crippen LogP contribution < -0.4 is 14.9 Å². The minimum atomic E-state index is -4.27. The second-order valence-corrected chi connectivity index (χ2v) is 14.4. The molecule has 220 valence electrons. The van der Waals surface area contributed by atoms with Gasteiger partial charge in [-0.1, -0.05) is 32.9 Å². The number of halogens is 1. The van der Waals surface area contributed by atoms with Crippen molar-refractivity contribution in [2.45, 2.75) is 82.3 Å². The average molecular weight is 599 g/mol. The topological polar surface area (TPSA) is 117 Å². The summed E-state index contributed by atoms with van der Waals surface area (Å²) in [4.78, 5) is 29.8. The average Bonchev–Trinajstić information content (AvgIpc) is 3.20. The van der Waals surface area contributed by atoms with Crippen molar-refractivity contribution >= 4 is 40.0 Å². The van der Waals surface area contributed by atoms with Gasteiger partial charge in [0.1, 0.15) is 11.6 Å². The number of carbonyl (C=O) groups is 1. The first-order valence-electron chi connectivity index (χ1n) is 13.7. The van der Waals surface area contributed by atoms with E-state index in [1.807, 2.05) is 18.2 Å². The standard InChI is InChI=1S/C30H38N6O3S.ClH/c1-28(2,3)22-14-13-21-26(32-22)36-19-20(18-29(36,4)5)15-16-30(6,23-10-7-8-17-31-23)34-24-11-9-12-25(33-24)40(38,39)35-27(21)37;/h7-14,17,20H,15-16,18-19H2,1-6H3,(H,33,34)(H,35,37);1H/t20-,30?;/m0./s1. The van der Waals surface area contributed by atoms with Gasteiger partial charge in [-0.25, -0.2) is 14.7 Å². The van der Waals surface area contributed by atoms with E-state index in [4.69, 9.17) is 4.98 Å². The lowest BCUT2D eigenvalue weighted by atomic mass is 9.85. The van der Waals surface area contributed by atoms with Crippen LogP contribution in [0.25, 0.3) is 0 Å². The Hall–Kier alpha value is -3.24. The predicted molar refractivity (Wildman–Crippen MR) is 163 cm³/mol. The molecule has 3 aromatic rings. The molecule has 0 aromatic carbocycles. The normalized spacial score (nSPS) is 23.6. The highest BCUT2D eigenvalue weighted by Gasteiger charge is 2.42. The summed E-state index contributed by atoms with van der Waals surface area (Å²) in [7, 11) is -4.27. The molecule has 0 aliphatic carbocycles. The number of hydrogen-bond donors (Lipinski definition) is 2. The largest absolute Gasteiger partial charge is 0.359 e. The maximum absolute atomic E-state index is 13.6. The molecule has 1 saturated heterocycles. The third-order valence-corrected chi connectivity index (χ3v) is 9.25. The quantitative estimate of drug-likeness (QED) is 0.380. The van der Waals surface area contributed by atoms with Crippen molar-refractivity contribution in [1.82, 2.24) is 19.7 Å². The Bertz CT molecular complexity index is 1540. The van der Waals surface area contributed by atoms with E-state index >= 15 is 0 Å². The van der Waals surface area contributed by atoms with Crippen LogP contribution in [-0.2, 0) is 21.0 Å². The van der Waals surface area contributed by atoms with Gasteiger partial charge in [-0.15, -0.1) is 12.4 Å². The summed E-state index contributed by atoms with van der Waals surface area (Å²) in [5.74, 6) is 0.498. The zero-order valence-corrected chi connectivity index (χ0v) is 26.1. The van der Waals surface area contributed by atoms with Gasteiger partial charge in [-0.2, -0.15) is 8.42 Å². The van der Waals surface area contributed by atoms with Crippen LogP contribution in [0.3, 0.4) is 0 Å². The molecule has 11 heteroatoms. The van der Waals surface area contributed by atoms with E-state index in [0.29, 0.717) is 24.1 Å². The SMILES string of the molecule is CC(C)(C)c1ccc2c(n1)N1C[C@@H](CCC(C)(c3ccccn3)Nc3cccc(n3)S(=O)(=O)NC2=O)CC1(C)C.Cl. The summed E-state index contributed by atoms with van der Waals surface area (Å²) in [6, 6.07) is 14.0. The lowest BCUT2D eigenvalue weighted by Crippen LogP contribution is -2.41. The molecule has 4 bridgehead atoms. The number of aromatic nitrogens is 3. The predicted octanol–water partition coefficient (Wildman–Crippen LogP) is 5.44. The molecule has 2 N–H and O–H groups in total. The zero-order chi connectivity index (χ0) is 28.9. The summed E-state index contributed by atoms with van der Waals surface area (Å²) in [5, 5.41) is 3.23. The van der Waals surface area contributed by atoms with E-state index in [0.717, 1.165) is 30.7 Å². The van der Waals surface area contributed by atoms with Gasteiger partial charge in [-0.05, 0) is 82.3 Å². The van der Waals surface area contributed by atoms with E-state index in [-0.39, 0.29) is 34.0 Å². The molecular weight excluding hydrogens is 560 g/mol. The molecule has 41 heavy (non-hydrogen) atoms. The summed E-state index contributed by atoms with van der Waals surface area (Å²) in [6.07, 6.45) is 4.30. The second-order valence-electron chi connectivity index (χ2n) is 12.8. The van der Waals surface area contributed by atoms with Crippen LogP contribution in [0.2, 0.25) is 0 Å². The number of anilines is 2. The zero-order valence-electron chi connectivity index (χ0n) is 24.4. The Balaban J connectivity index is 0.00000387. The lowest BCUT2D eigenvalue weighted by molar-refractivity contribution is 0.0981. The highest BCUT2D eigenvalue weighted by Crippen LogP contribution is 2.42. The first-order valence-corrected chi connectivity index (χ1v) is 15.2. The number of pyridine rings is 3. The maximum Gasteiger partial charge on any atom is 0.281 e. The summed E-state index contributed by atoms with van der Waals surface area (Å²) in [6.45, 7) is 13.3. The first kappa shape index (κ1) is 30.7. The summed E-state index contributed by atoms with van der Waals surface area (Å²) in [5.41, 5.74) is 0.762. The molecule has 0 radical (unpaired) electrons. The molecule has 1 unspecified atom stereocenters. The van der Waals surface area contributed by atoms with E-state index in [9.17, 15) is 13.2 Å². The second kappa shape index (κ2) is 10.9. The van der Waals surface area contributed by atoms with Crippen LogP contribution in [0.4, 0.5) is 11.6 Å². The third kappa shape index (κ3) is 6.18. The molecule has 2 atom stereocenters. The van der Waals surface area contributed by atoms with Crippen molar-refractivity contribution in [2.75, 3.05) is 16.8 Å². The fourth-order valence-electron chi connectivity index (χ4n) is 5.78. The Morgan fingerprint density at radius 2 is 1.76 bits per heavy atom. The van der Waals surface area contributed by atoms with Gasteiger partial charge in [0.05, 0.1) is 16.8 Å². The van der Waals surface area contributed by atoms with E-state index < -0.39 is 21.5 Å². The maximum atomic E-state index is 13.6. The van der Waals surface area contributed by atoms with Crippen molar-refractivity contribution in [2.24, 2.45) is 5.92 Å².